The van der Waals surface area contributed by atoms with E-state index in [1.54, 1.807) is 24.3 Å². The summed E-state index contributed by atoms with van der Waals surface area (Å²) in [5.41, 5.74) is 1.73. The first-order chi connectivity index (χ1) is 13.4. The number of aryl methyl sites for hydroxylation is 1. The lowest BCUT2D eigenvalue weighted by Crippen LogP contribution is -2.36. The van der Waals surface area contributed by atoms with Crippen LogP contribution in [0.25, 0.3) is 0 Å². The molecule has 2 aromatic rings. The first kappa shape index (κ1) is 22.6. The molecule has 0 saturated carbocycles. The topological polar surface area (TPSA) is 54.5 Å². The van der Waals surface area contributed by atoms with Crippen LogP contribution in [0.4, 0.5) is 0 Å². The average Bonchev–Trinajstić information content (AvgIpc) is 2.69. The summed E-state index contributed by atoms with van der Waals surface area (Å²) in [5.74, 6) is -0.485. The van der Waals surface area contributed by atoms with E-state index >= 15 is 0 Å². The van der Waals surface area contributed by atoms with Gasteiger partial charge in [-0.3, -0.25) is 4.79 Å². The van der Waals surface area contributed by atoms with Crippen molar-refractivity contribution in [2.45, 2.75) is 51.0 Å². The van der Waals surface area contributed by atoms with E-state index in [4.69, 9.17) is 0 Å². The van der Waals surface area contributed by atoms with Crippen molar-refractivity contribution in [1.29, 1.82) is 0 Å². The quantitative estimate of drug-likeness (QED) is 0.250. The molecule has 6 heteroatoms. The first-order valence-corrected chi connectivity index (χ1v) is 11.9. The molecular formula is C22H26INO3S. The number of rotatable bonds is 9. The van der Waals surface area contributed by atoms with Gasteiger partial charge in [0.25, 0.3) is 15.9 Å². The highest BCUT2D eigenvalue weighted by molar-refractivity contribution is 14.1. The van der Waals surface area contributed by atoms with Gasteiger partial charge in [-0.1, -0.05) is 73.9 Å². The number of halogens is 1. The Morgan fingerprint density at radius 3 is 2.29 bits per heavy atom. The Kier molecular flexibility index (Phi) is 8.69. The van der Waals surface area contributed by atoms with E-state index in [0.29, 0.717) is 3.58 Å². The number of nitrogens with zero attached hydrogens (tertiary/aromatic N) is 1. The molecule has 1 amide bonds. The fourth-order valence-corrected chi connectivity index (χ4v) is 4.82. The van der Waals surface area contributed by atoms with Crippen molar-refractivity contribution in [3.8, 4) is 0 Å². The molecule has 0 heterocycles. The lowest BCUT2D eigenvalue weighted by Gasteiger charge is -2.23. The van der Waals surface area contributed by atoms with Gasteiger partial charge in [-0.2, -0.15) is 0 Å². The number of amides is 1. The second-order valence-electron chi connectivity index (χ2n) is 6.66. The van der Waals surface area contributed by atoms with Crippen LogP contribution >= 0.6 is 22.6 Å². The summed E-state index contributed by atoms with van der Waals surface area (Å²) < 4.78 is 27.9. The maximum absolute atomic E-state index is 13.2. The zero-order chi connectivity index (χ0) is 20.6. The smallest absolute Gasteiger partial charge is 0.267 e. The van der Waals surface area contributed by atoms with Crippen LogP contribution in [-0.2, 0) is 21.4 Å². The number of carbonyl (C=O) groups is 1. The highest BCUT2D eigenvalue weighted by atomic mass is 127. The molecule has 0 bridgehead atoms. The number of carbonyl (C=O) groups excluding carboxylic acids is 1. The molecule has 28 heavy (non-hydrogen) atoms. The minimum absolute atomic E-state index is 0.00514. The van der Waals surface area contributed by atoms with Crippen LogP contribution in [-0.4, -0.2) is 18.6 Å². The normalized spacial score (nSPS) is 12.0. The Morgan fingerprint density at radius 2 is 1.68 bits per heavy atom. The third-order valence-electron chi connectivity index (χ3n) is 4.34. The van der Waals surface area contributed by atoms with Crippen LogP contribution in [0.1, 0.15) is 43.7 Å². The Morgan fingerprint density at radius 1 is 1.04 bits per heavy atom. The van der Waals surface area contributed by atoms with E-state index in [2.05, 4.69) is 6.92 Å². The third kappa shape index (κ3) is 6.17. The fraction of sp³-hybridized carbons (Fsp3) is 0.318. The van der Waals surface area contributed by atoms with Crippen molar-refractivity contribution in [3.05, 3.63) is 75.4 Å². The lowest BCUT2D eigenvalue weighted by atomic mass is 10.2. The van der Waals surface area contributed by atoms with E-state index in [0.717, 1.165) is 41.1 Å². The van der Waals surface area contributed by atoms with Crippen LogP contribution in [0, 0.1) is 6.92 Å². The van der Waals surface area contributed by atoms with Gasteiger partial charge in [0.15, 0.2) is 0 Å². The molecule has 4 nitrogen and oxygen atoms in total. The summed E-state index contributed by atoms with van der Waals surface area (Å²) in [6.45, 7) is 4.02. The highest BCUT2D eigenvalue weighted by Crippen LogP contribution is 2.24. The van der Waals surface area contributed by atoms with Crippen molar-refractivity contribution in [1.82, 2.24) is 4.31 Å². The summed E-state index contributed by atoms with van der Waals surface area (Å²) in [4.78, 5) is 13.2. The van der Waals surface area contributed by atoms with Gasteiger partial charge in [0.1, 0.15) is 0 Å². The van der Waals surface area contributed by atoms with E-state index in [1.807, 2.05) is 65.9 Å². The second-order valence-corrected chi connectivity index (χ2v) is 9.69. The van der Waals surface area contributed by atoms with E-state index in [-0.39, 0.29) is 11.4 Å². The van der Waals surface area contributed by atoms with Crippen molar-refractivity contribution >= 4 is 38.5 Å². The standard InChI is InChI=1S/C22H26INO3S/c1-3-4-5-9-12-21(23)22(25)24(17-19-10-7-6-8-11-19)28(26,27)20-15-13-18(2)14-16-20/h6-8,10-16H,3-5,9,17H2,1-2H3/b21-12-. The molecule has 0 aromatic heterocycles. The maximum atomic E-state index is 13.2. The molecule has 2 aromatic carbocycles. The highest BCUT2D eigenvalue weighted by Gasteiger charge is 2.30. The lowest BCUT2D eigenvalue weighted by molar-refractivity contribution is -0.122. The van der Waals surface area contributed by atoms with E-state index in [9.17, 15) is 13.2 Å². The molecule has 0 aliphatic rings. The molecule has 0 atom stereocenters. The Bertz CT molecular complexity index is 907. The molecule has 2 rings (SSSR count). The van der Waals surface area contributed by atoms with Gasteiger partial charge in [-0.05, 0) is 60.1 Å². The van der Waals surface area contributed by atoms with Crippen LogP contribution in [0.15, 0.2) is 69.1 Å². The largest absolute Gasteiger partial charge is 0.273 e. The van der Waals surface area contributed by atoms with Gasteiger partial charge in [0, 0.05) is 0 Å². The number of benzene rings is 2. The molecule has 0 saturated heterocycles. The summed E-state index contributed by atoms with van der Waals surface area (Å²) >= 11 is 1.95. The van der Waals surface area contributed by atoms with Gasteiger partial charge in [0.2, 0.25) is 0 Å². The molecule has 0 aliphatic heterocycles. The second kappa shape index (κ2) is 10.8. The molecule has 0 N–H and O–H groups in total. The molecule has 0 unspecified atom stereocenters. The summed E-state index contributed by atoms with van der Waals surface area (Å²) in [6, 6.07) is 15.8. The molecule has 0 fully saturated rings. The van der Waals surface area contributed by atoms with Gasteiger partial charge in [-0.15, -0.1) is 0 Å². The SMILES string of the molecule is CCCCC/C=C(\I)C(=O)N(Cc1ccccc1)S(=O)(=O)c1ccc(C)cc1. The number of hydrogen-bond donors (Lipinski definition) is 0. The molecular weight excluding hydrogens is 485 g/mol. The van der Waals surface area contributed by atoms with Gasteiger partial charge >= 0.3 is 0 Å². The van der Waals surface area contributed by atoms with Crippen molar-refractivity contribution < 1.29 is 13.2 Å². The van der Waals surface area contributed by atoms with Crippen LogP contribution < -0.4 is 0 Å². The number of unbranched alkanes of at least 4 members (excludes halogenated alkanes) is 3. The van der Waals surface area contributed by atoms with Crippen LogP contribution in [0.2, 0.25) is 0 Å². The summed E-state index contributed by atoms with van der Waals surface area (Å²) in [5, 5.41) is 0. The van der Waals surface area contributed by atoms with Gasteiger partial charge in [-0.25, -0.2) is 12.7 Å². The summed E-state index contributed by atoms with van der Waals surface area (Å²) in [7, 11) is -3.96. The Hall–Kier alpha value is -1.67. The number of allylic oxidation sites excluding steroid dienone is 1. The monoisotopic (exact) mass is 511 g/mol. The average molecular weight is 511 g/mol. The van der Waals surface area contributed by atoms with Gasteiger partial charge < -0.3 is 0 Å². The zero-order valence-corrected chi connectivity index (χ0v) is 19.2. The third-order valence-corrected chi connectivity index (χ3v) is 6.98. The molecule has 0 aliphatic carbocycles. The predicted octanol–water partition coefficient (Wildman–Crippen LogP) is 5.61. The predicted molar refractivity (Wildman–Crippen MR) is 122 cm³/mol. The minimum atomic E-state index is -3.96. The Labute approximate surface area is 181 Å². The maximum Gasteiger partial charge on any atom is 0.273 e. The van der Waals surface area contributed by atoms with Gasteiger partial charge in [0.05, 0.1) is 15.0 Å². The zero-order valence-electron chi connectivity index (χ0n) is 16.3. The fourth-order valence-electron chi connectivity index (χ4n) is 2.68. The molecule has 0 spiro atoms. The van der Waals surface area contributed by atoms with Crippen LogP contribution in [0.5, 0.6) is 0 Å². The van der Waals surface area contributed by atoms with Crippen molar-refractivity contribution in [2.75, 3.05) is 0 Å². The molecule has 0 radical (unpaired) electrons. The van der Waals surface area contributed by atoms with Crippen molar-refractivity contribution in [2.24, 2.45) is 0 Å². The van der Waals surface area contributed by atoms with Crippen LogP contribution in [0.3, 0.4) is 0 Å². The van der Waals surface area contributed by atoms with E-state index < -0.39 is 15.9 Å². The Balaban J connectivity index is 2.36. The molecule has 150 valence electrons. The minimum Gasteiger partial charge on any atom is -0.267 e. The number of sulfonamides is 1. The first-order valence-electron chi connectivity index (χ1n) is 9.39. The van der Waals surface area contributed by atoms with Crippen molar-refractivity contribution in [3.63, 3.8) is 0 Å². The number of hydrogen-bond acceptors (Lipinski definition) is 3. The van der Waals surface area contributed by atoms with E-state index in [1.165, 1.54) is 0 Å². The summed E-state index contributed by atoms with van der Waals surface area (Å²) in [6.07, 6.45) is 5.77.